The van der Waals surface area contributed by atoms with Gasteiger partial charge in [-0.2, -0.15) is 5.10 Å². The topological polar surface area (TPSA) is 56.6 Å². The maximum Gasteiger partial charge on any atom is 0.246 e. The number of benzene rings is 1. The molecular weight excluding hydrogens is 354 g/mol. The van der Waals surface area contributed by atoms with E-state index in [9.17, 15) is 4.79 Å². The number of nitrogens with zero attached hydrogens (tertiary/aromatic N) is 3. The highest BCUT2D eigenvalue weighted by Crippen LogP contribution is 2.38. The van der Waals surface area contributed by atoms with Crippen molar-refractivity contribution in [3.8, 4) is 0 Å². The second kappa shape index (κ2) is 8.29. The van der Waals surface area contributed by atoms with Crippen molar-refractivity contribution in [2.75, 3.05) is 19.7 Å². The Hall–Kier alpha value is -2.44. The molecule has 0 saturated carbocycles. The van der Waals surface area contributed by atoms with Gasteiger partial charge in [-0.15, -0.1) is 0 Å². The van der Waals surface area contributed by atoms with Crippen molar-refractivity contribution < 1.29 is 14.3 Å². The Balaban J connectivity index is 1.43. The number of hydrogen-bond acceptors (Lipinski definition) is 4. The summed E-state index contributed by atoms with van der Waals surface area (Å²) in [5.41, 5.74) is 1.78. The van der Waals surface area contributed by atoms with E-state index in [1.54, 1.807) is 17.0 Å². The van der Waals surface area contributed by atoms with Crippen LogP contribution in [0.5, 0.6) is 0 Å². The third kappa shape index (κ3) is 4.03. The molecule has 148 valence electrons. The Morgan fingerprint density at radius 2 is 2.18 bits per heavy atom. The molecule has 0 radical (unpaired) electrons. The zero-order valence-electron chi connectivity index (χ0n) is 16.3. The van der Waals surface area contributed by atoms with Gasteiger partial charge in [-0.25, -0.2) is 0 Å². The second-order valence-electron chi connectivity index (χ2n) is 7.55. The summed E-state index contributed by atoms with van der Waals surface area (Å²) in [4.78, 5) is 14.6. The molecule has 1 aromatic heterocycles. The third-order valence-corrected chi connectivity index (χ3v) is 5.77. The Bertz CT molecular complexity index is 825. The number of piperidine rings is 1. The molecule has 1 amide bonds. The lowest BCUT2D eigenvalue weighted by Gasteiger charge is -2.44. The van der Waals surface area contributed by atoms with Crippen molar-refractivity contribution in [1.29, 1.82) is 0 Å². The number of aryl methyl sites for hydroxylation is 1. The lowest BCUT2D eigenvalue weighted by atomic mass is 9.85. The van der Waals surface area contributed by atoms with Crippen LogP contribution < -0.4 is 0 Å². The van der Waals surface area contributed by atoms with Gasteiger partial charge in [-0.05, 0) is 37.0 Å². The van der Waals surface area contributed by atoms with Gasteiger partial charge in [0.05, 0.1) is 17.9 Å². The van der Waals surface area contributed by atoms with Crippen molar-refractivity contribution in [3.05, 3.63) is 59.9 Å². The Kier molecular flexibility index (Phi) is 5.59. The second-order valence-corrected chi connectivity index (χ2v) is 7.55. The highest BCUT2D eigenvalue weighted by atomic mass is 16.6. The quantitative estimate of drug-likeness (QED) is 0.748. The van der Waals surface area contributed by atoms with E-state index in [1.807, 2.05) is 42.3 Å². The summed E-state index contributed by atoms with van der Waals surface area (Å²) in [6.45, 7) is 2.56. The van der Waals surface area contributed by atoms with Crippen molar-refractivity contribution in [2.24, 2.45) is 7.05 Å². The molecule has 1 aromatic carbocycles. The van der Waals surface area contributed by atoms with E-state index in [2.05, 4.69) is 17.2 Å². The lowest BCUT2D eigenvalue weighted by molar-refractivity contribution is -0.165. The molecule has 0 aliphatic carbocycles. The molecule has 0 unspecified atom stereocenters. The van der Waals surface area contributed by atoms with Gasteiger partial charge in [0.15, 0.2) is 0 Å². The first-order valence-electron chi connectivity index (χ1n) is 9.91. The summed E-state index contributed by atoms with van der Waals surface area (Å²) in [7, 11) is 1.86. The summed E-state index contributed by atoms with van der Waals surface area (Å²) in [6.07, 6.45) is 7.92. The minimum Gasteiger partial charge on any atom is -0.372 e. The van der Waals surface area contributed by atoms with Gasteiger partial charge in [0.25, 0.3) is 0 Å². The third-order valence-electron chi connectivity index (χ3n) is 5.77. The fourth-order valence-corrected chi connectivity index (χ4v) is 4.10. The van der Waals surface area contributed by atoms with E-state index >= 15 is 0 Å². The highest BCUT2D eigenvalue weighted by Gasteiger charge is 2.47. The van der Waals surface area contributed by atoms with E-state index in [0.717, 1.165) is 37.1 Å². The van der Waals surface area contributed by atoms with E-state index in [-0.39, 0.29) is 17.6 Å². The van der Waals surface area contributed by atoms with Crippen LogP contribution in [0.15, 0.2) is 48.7 Å². The number of amides is 1. The van der Waals surface area contributed by atoms with E-state index < -0.39 is 0 Å². The summed E-state index contributed by atoms with van der Waals surface area (Å²) in [6, 6.07) is 12.0. The molecule has 3 heterocycles. The smallest absolute Gasteiger partial charge is 0.246 e. The normalized spacial score (nSPS) is 25.0. The molecule has 1 spiro atoms. The molecule has 2 aliphatic heterocycles. The molecule has 0 bridgehead atoms. The van der Waals surface area contributed by atoms with Crippen LogP contribution in [0.4, 0.5) is 0 Å². The Labute approximate surface area is 165 Å². The lowest BCUT2D eigenvalue weighted by Crippen LogP contribution is -2.57. The standard InChI is InChI=1S/C22H27N3O3/c1-24-19(10-13-23-24)8-9-21(26)25-14-12-22(11-5-15-28-22)20(16-25)27-17-18-6-3-2-4-7-18/h2-4,6-10,13,20H,5,11-12,14-17H2,1H3/b9-8+/t20-,22+/m0/s1. The van der Waals surface area contributed by atoms with Gasteiger partial charge in [0.1, 0.15) is 6.10 Å². The monoisotopic (exact) mass is 381 g/mol. The predicted octanol–water partition coefficient (Wildman–Crippen LogP) is 2.80. The Morgan fingerprint density at radius 3 is 2.89 bits per heavy atom. The van der Waals surface area contributed by atoms with Crippen LogP contribution in [-0.2, 0) is 27.9 Å². The van der Waals surface area contributed by atoms with Crippen LogP contribution in [0.25, 0.3) is 6.08 Å². The first-order valence-corrected chi connectivity index (χ1v) is 9.91. The van der Waals surface area contributed by atoms with Crippen molar-refractivity contribution >= 4 is 12.0 Å². The summed E-state index contributed by atoms with van der Waals surface area (Å²) < 4.78 is 14.2. The van der Waals surface area contributed by atoms with Gasteiger partial charge in [0, 0.05) is 39.0 Å². The molecule has 2 aromatic rings. The summed E-state index contributed by atoms with van der Waals surface area (Å²) in [5, 5.41) is 4.12. The molecule has 2 saturated heterocycles. The SMILES string of the molecule is Cn1nccc1/C=C/C(=O)N1CC[C@]2(CCCO2)[C@@H](OCc2ccccc2)C1. The fraction of sp³-hybridized carbons (Fsp3) is 0.455. The van der Waals surface area contributed by atoms with Crippen LogP contribution in [-0.4, -0.2) is 52.0 Å². The van der Waals surface area contributed by atoms with Gasteiger partial charge < -0.3 is 14.4 Å². The molecular formula is C22H27N3O3. The first-order chi connectivity index (χ1) is 13.7. The van der Waals surface area contributed by atoms with Crippen LogP contribution in [0.2, 0.25) is 0 Å². The molecule has 2 fully saturated rings. The molecule has 6 heteroatoms. The fourth-order valence-electron chi connectivity index (χ4n) is 4.10. The number of hydrogen-bond donors (Lipinski definition) is 0. The number of rotatable bonds is 5. The van der Waals surface area contributed by atoms with Gasteiger partial charge in [-0.3, -0.25) is 9.48 Å². The molecule has 4 rings (SSSR count). The maximum atomic E-state index is 12.7. The van der Waals surface area contributed by atoms with Crippen LogP contribution in [0, 0.1) is 0 Å². The highest BCUT2D eigenvalue weighted by molar-refractivity contribution is 5.91. The molecule has 2 aliphatic rings. The number of ether oxygens (including phenoxy) is 2. The van der Waals surface area contributed by atoms with Crippen LogP contribution in [0.3, 0.4) is 0 Å². The molecule has 6 nitrogen and oxygen atoms in total. The average molecular weight is 381 g/mol. The zero-order valence-corrected chi connectivity index (χ0v) is 16.3. The number of carbonyl (C=O) groups excluding carboxylic acids is 1. The number of aromatic nitrogens is 2. The molecule has 0 N–H and O–H groups in total. The van der Waals surface area contributed by atoms with E-state index in [0.29, 0.717) is 19.7 Å². The Morgan fingerprint density at radius 1 is 1.32 bits per heavy atom. The van der Waals surface area contributed by atoms with Gasteiger partial charge in [0.2, 0.25) is 5.91 Å². The summed E-state index contributed by atoms with van der Waals surface area (Å²) in [5.74, 6) is 0.00218. The number of carbonyl (C=O) groups is 1. The minimum atomic E-state index is -0.253. The summed E-state index contributed by atoms with van der Waals surface area (Å²) >= 11 is 0. The first kappa shape index (κ1) is 18.9. The van der Waals surface area contributed by atoms with Crippen LogP contribution in [0.1, 0.15) is 30.5 Å². The van der Waals surface area contributed by atoms with Crippen molar-refractivity contribution in [3.63, 3.8) is 0 Å². The van der Waals surface area contributed by atoms with Crippen LogP contribution >= 0.6 is 0 Å². The molecule has 2 atom stereocenters. The van der Waals surface area contributed by atoms with Crippen molar-refractivity contribution in [1.82, 2.24) is 14.7 Å². The number of likely N-dealkylation sites (tertiary alicyclic amines) is 1. The van der Waals surface area contributed by atoms with Gasteiger partial charge in [-0.1, -0.05) is 30.3 Å². The largest absolute Gasteiger partial charge is 0.372 e. The average Bonchev–Trinajstić information content (AvgIpc) is 3.36. The van der Waals surface area contributed by atoms with E-state index in [1.165, 1.54) is 0 Å². The minimum absolute atomic E-state index is 0.00218. The maximum absolute atomic E-state index is 12.7. The molecule has 28 heavy (non-hydrogen) atoms. The van der Waals surface area contributed by atoms with Crippen molar-refractivity contribution in [2.45, 2.75) is 37.6 Å². The van der Waals surface area contributed by atoms with Gasteiger partial charge >= 0.3 is 0 Å². The van der Waals surface area contributed by atoms with E-state index in [4.69, 9.17) is 9.47 Å². The zero-order chi connectivity index (χ0) is 19.4. The predicted molar refractivity (Wildman–Crippen MR) is 106 cm³/mol.